The standard InChI is InChI=1S/C9H9BrF2N2O2/c10-5-2-6(9(11)12)14-7(3-13)4(5)1-8(15)16/h2,9H,1,3,13H2,(H,15,16). The van der Waals surface area contributed by atoms with Crippen LogP contribution in [0.1, 0.15) is 23.4 Å². The number of carboxylic acid groups (broad SMARTS) is 1. The van der Waals surface area contributed by atoms with Crippen molar-refractivity contribution in [3.8, 4) is 0 Å². The molecular formula is C9H9BrF2N2O2. The molecule has 0 bridgehead atoms. The predicted molar refractivity (Wildman–Crippen MR) is 56.1 cm³/mol. The normalized spacial score (nSPS) is 10.8. The largest absolute Gasteiger partial charge is 0.481 e. The van der Waals surface area contributed by atoms with E-state index in [-0.39, 0.29) is 18.7 Å². The Balaban J connectivity index is 3.22. The summed E-state index contributed by atoms with van der Waals surface area (Å²) in [6.45, 7) is -0.0816. The second-order valence-corrected chi connectivity index (χ2v) is 3.88. The molecule has 0 atom stereocenters. The van der Waals surface area contributed by atoms with Crippen LogP contribution in [0.3, 0.4) is 0 Å². The lowest BCUT2D eigenvalue weighted by Crippen LogP contribution is -2.11. The number of halogens is 3. The summed E-state index contributed by atoms with van der Waals surface area (Å²) < 4.78 is 25.1. The summed E-state index contributed by atoms with van der Waals surface area (Å²) in [5.41, 5.74) is 5.43. The molecule has 88 valence electrons. The smallest absolute Gasteiger partial charge is 0.307 e. The molecule has 0 aliphatic carbocycles. The van der Waals surface area contributed by atoms with Crippen molar-refractivity contribution in [3.05, 3.63) is 27.5 Å². The monoisotopic (exact) mass is 294 g/mol. The van der Waals surface area contributed by atoms with Gasteiger partial charge in [0.25, 0.3) is 6.43 Å². The van der Waals surface area contributed by atoms with Crippen LogP contribution in [0.25, 0.3) is 0 Å². The van der Waals surface area contributed by atoms with Crippen molar-refractivity contribution in [3.63, 3.8) is 0 Å². The maximum atomic E-state index is 12.4. The third-order valence-electron chi connectivity index (χ3n) is 1.92. The summed E-state index contributed by atoms with van der Waals surface area (Å²) in [6.07, 6.45) is -3.01. The fourth-order valence-corrected chi connectivity index (χ4v) is 1.83. The van der Waals surface area contributed by atoms with Gasteiger partial charge in [0, 0.05) is 16.6 Å². The van der Waals surface area contributed by atoms with Crippen LogP contribution in [-0.4, -0.2) is 16.1 Å². The molecule has 0 aliphatic rings. The average molecular weight is 295 g/mol. The van der Waals surface area contributed by atoms with Crippen LogP contribution in [0.2, 0.25) is 0 Å². The Morgan fingerprint density at radius 2 is 2.25 bits per heavy atom. The Bertz CT molecular complexity index is 413. The number of carbonyl (C=O) groups is 1. The first-order valence-corrected chi connectivity index (χ1v) is 5.13. The SMILES string of the molecule is NCc1nc(C(F)F)cc(Br)c1CC(=O)O. The molecule has 0 fully saturated rings. The molecule has 16 heavy (non-hydrogen) atoms. The van der Waals surface area contributed by atoms with Crippen molar-refractivity contribution in [1.82, 2.24) is 4.98 Å². The van der Waals surface area contributed by atoms with Crippen molar-refractivity contribution in [1.29, 1.82) is 0 Å². The number of pyridine rings is 1. The maximum Gasteiger partial charge on any atom is 0.307 e. The molecule has 7 heteroatoms. The summed E-state index contributed by atoms with van der Waals surface area (Å²) in [4.78, 5) is 14.2. The molecule has 0 amide bonds. The first-order valence-electron chi connectivity index (χ1n) is 4.34. The summed E-state index contributed by atoms with van der Waals surface area (Å²) in [6, 6.07) is 1.11. The van der Waals surface area contributed by atoms with Crippen LogP contribution in [-0.2, 0) is 17.8 Å². The predicted octanol–water partition coefficient (Wildman–Crippen LogP) is 1.87. The quantitative estimate of drug-likeness (QED) is 0.889. The van der Waals surface area contributed by atoms with E-state index in [1.807, 2.05) is 0 Å². The molecule has 0 radical (unpaired) electrons. The zero-order valence-electron chi connectivity index (χ0n) is 8.08. The third-order valence-corrected chi connectivity index (χ3v) is 2.63. The number of hydrogen-bond donors (Lipinski definition) is 2. The van der Waals surface area contributed by atoms with Crippen LogP contribution in [0.5, 0.6) is 0 Å². The van der Waals surface area contributed by atoms with Gasteiger partial charge >= 0.3 is 5.97 Å². The van der Waals surface area contributed by atoms with Gasteiger partial charge in [-0.1, -0.05) is 15.9 Å². The number of rotatable bonds is 4. The van der Waals surface area contributed by atoms with Crippen LogP contribution in [0.4, 0.5) is 8.78 Å². The van der Waals surface area contributed by atoms with Crippen LogP contribution >= 0.6 is 15.9 Å². The first-order chi connectivity index (χ1) is 7.45. The zero-order chi connectivity index (χ0) is 12.3. The maximum absolute atomic E-state index is 12.4. The Hall–Kier alpha value is -1.08. The molecule has 0 aromatic carbocycles. The number of aromatic nitrogens is 1. The lowest BCUT2D eigenvalue weighted by molar-refractivity contribution is -0.136. The van der Waals surface area contributed by atoms with E-state index >= 15 is 0 Å². The fraction of sp³-hybridized carbons (Fsp3) is 0.333. The molecule has 1 rings (SSSR count). The van der Waals surface area contributed by atoms with Gasteiger partial charge in [-0.05, 0) is 6.07 Å². The lowest BCUT2D eigenvalue weighted by atomic mass is 10.1. The van der Waals surface area contributed by atoms with Gasteiger partial charge in [0.1, 0.15) is 5.69 Å². The third kappa shape index (κ3) is 2.96. The first kappa shape index (κ1) is 13.0. The minimum atomic E-state index is -2.71. The summed E-state index contributed by atoms with van der Waals surface area (Å²) in [7, 11) is 0. The highest BCUT2D eigenvalue weighted by atomic mass is 79.9. The Morgan fingerprint density at radius 1 is 1.62 bits per heavy atom. The number of nitrogens with zero attached hydrogens (tertiary/aromatic N) is 1. The molecule has 3 N–H and O–H groups in total. The van der Waals surface area contributed by atoms with Gasteiger partial charge < -0.3 is 10.8 Å². The fourth-order valence-electron chi connectivity index (χ4n) is 1.23. The Kier molecular flexibility index (Phi) is 4.31. The number of carboxylic acids is 1. The van der Waals surface area contributed by atoms with E-state index in [1.165, 1.54) is 0 Å². The molecule has 0 aliphatic heterocycles. The number of aliphatic carboxylic acids is 1. The van der Waals surface area contributed by atoms with Crippen molar-refractivity contribution in [2.45, 2.75) is 19.4 Å². The van der Waals surface area contributed by atoms with Crippen molar-refractivity contribution in [2.75, 3.05) is 0 Å². The van der Waals surface area contributed by atoms with Crippen LogP contribution < -0.4 is 5.73 Å². The summed E-state index contributed by atoms with van der Waals surface area (Å²) in [5.74, 6) is -1.07. The Labute approximate surface area is 98.6 Å². The van der Waals surface area contributed by atoms with Crippen molar-refractivity contribution >= 4 is 21.9 Å². The van der Waals surface area contributed by atoms with Crippen molar-refractivity contribution < 1.29 is 18.7 Å². The highest BCUT2D eigenvalue weighted by Gasteiger charge is 2.17. The van der Waals surface area contributed by atoms with Crippen LogP contribution in [0.15, 0.2) is 10.5 Å². The molecule has 1 aromatic rings. The van der Waals surface area contributed by atoms with Gasteiger partial charge in [-0.15, -0.1) is 0 Å². The van der Waals surface area contributed by atoms with Gasteiger partial charge in [-0.3, -0.25) is 9.78 Å². The second kappa shape index (κ2) is 5.31. The van der Waals surface area contributed by atoms with Gasteiger partial charge in [-0.25, -0.2) is 8.78 Å². The molecule has 1 heterocycles. The molecule has 0 spiro atoms. The molecule has 0 saturated heterocycles. The van der Waals surface area contributed by atoms with E-state index in [0.717, 1.165) is 6.07 Å². The molecule has 1 aromatic heterocycles. The van der Waals surface area contributed by atoms with Crippen LogP contribution in [0, 0.1) is 0 Å². The van der Waals surface area contributed by atoms with E-state index in [4.69, 9.17) is 10.8 Å². The average Bonchev–Trinajstić information content (AvgIpc) is 2.19. The van der Waals surface area contributed by atoms with E-state index < -0.39 is 18.1 Å². The summed E-state index contributed by atoms with van der Waals surface area (Å²) in [5, 5.41) is 8.65. The van der Waals surface area contributed by atoms with Crippen molar-refractivity contribution in [2.24, 2.45) is 5.73 Å². The lowest BCUT2D eigenvalue weighted by Gasteiger charge is -2.10. The minimum absolute atomic E-state index is 0.0816. The highest BCUT2D eigenvalue weighted by molar-refractivity contribution is 9.10. The van der Waals surface area contributed by atoms with E-state index in [1.54, 1.807) is 0 Å². The molecular weight excluding hydrogens is 286 g/mol. The highest BCUT2D eigenvalue weighted by Crippen LogP contribution is 2.26. The van der Waals surface area contributed by atoms with Gasteiger partial charge in [0.2, 0.25) is 0 Å². The summed E-state index contributed by atoms with van der Waals surface area (Å²) >= 11 is 3.04. The minimum Gasteiger partial charge on any atom is -0.481 e. The van der Waals surface area contributed by atoms with Gasteiger partial charge in [0.05, 0.1) is 12.1 Å². The second-order valence-electron chi connectivity index (χ2n) is 3.03. The topological polar surface area (TPSA) is 76.2 Å². The van der Waals surface area contributed by atoms with Gasteiger partial charge in [0.15, 0.2) is 0 Å². The van der Waals surface area contributed by atoms with Gasteiger partial charge in [-0.2, -0.15) is 0 Å². The zero-order valence-corrected chi connectivity index (χ0v) is 9.67. The van der Waals surface area contributed by atoms with E-state index in [9.17, 15) is 13.6 Å². The molecule has 4 nitrogen and oxygen atoms in total. The molecule has 0 saturated carbocycles. The Morgan fingerprint density at radius 3 is 2.69 bits per heavy atom. The number of nitrogens with two attached hydrogens (primary N) is 1. The number of hydrogen-bond acceptors (Lipinski definition) is 3. The van der Waals surface area contributed by atoms with E-state index in [2.05, 4.69) is 20.9 Å². The number of alkyl halides is 2. The van der Waals surface area contributed by atoms with E-state index in [0.29, 0.717) is 10.0 Å². The molecule has 0 unspecified atom stereocenters.